The molecule has 2 heterocycles. The maximum absolute atomic E-state index is 3.04. The van der Waals surface area contributed by atoms with Crippen molar-refractivity contribution >= 4 is 28.8 Å². The number of benzene rings is 8. The molecule has 10 rings (SSSR count). The van der Waals surface area contributed by atoms with Crippen molar-refractivity contribution in [1.29, 1.82) is 0 Å². The van der Waals surface area contributed by atoms with Crippen molar-refractivity contribution in [2.75, 3.05) is 0 Å². The molecule has 3 heteroatoms. The van der Waals surface area contributed by atoms with Crippen LogP contribution in [-0.4, -0.2) is 17.2 Å². The van der Waals surface area contributed by atoms with Gasteiger partial charge in [-0.3, -0.25) is 0 Å². The summed E-state index contributed by atoms with van der Waals surface area (Å²) in [6.07, 6.45) is 0. The zero-order valence-electron chi connectivity index (χ0n) is 33.6. The summed E-state index contributed by atoms with van der Waals surface area (Å²) in [6.45, 7) is 2.25. The molecule has 0 unspecified atom stereocenters. The lowest BCUT2D eigenvalue weighted by molar-refractivity contribution is 1.09. The van der Waals surface area contributed by atoms with Gasteiger partial charge in [-0.1, -0.05) is 206 Å². The highest BCUT2D eigenvalue weighted by molar-refractivity contribution is 7.20. The van der Waals surface area contributed by atoms with Gasteiger partial charge in [0.25, 0.3) is 0 Å². The average molecular weight is 785 g/mol. The predicted molar refractivity (Wildman–Crippen MR) is 255 cm³/mol. The fraction of sp³-hybridized carbons (Fsp3) is 0.0175. The largest absolute Gasteiger partial charge is 0.309 e. The first kappa shape index (κ1) is 36.8. The smallest absolute Gasteiger partial charge is 0.181 e. The van der Waals surface area contributed by atoms with E-state index in [1.165, 1.54) is 54.5 Å². The van der Waals surface area contributed by atoms with Gasteiger partial charge in [-0.15, -0.1) is 0 Å². The second-order valence-electron chi connectivity index (χ2n) is 15.4. The lowest BCUT2D eigenvalue weighted by atomic mass is 10.0. The molecule has 0 saturated carbocycles. The van der Waals surface area contributed by atoms with Gasteiger partial charge in [-0.25, -0.2) is 0 Å². The van der Waals surface area contributed by atoms with E-state index in [0.29, 0.717) is 0 Å². The third kappa shape index (κ3) is 6.46. The van der Waals surface area contributed by atoms with Gasteiger partial charge in [0, 0.05) is 11.4 Å². The van der Waals surface area contributed by atoms with Crippen molar-refractivity contribution < 1.29 is 0 Å². The van der Waals surface area contributed by atoms with Crippen molar-refractivity contribution in [1.82, 2.24) is 9.13 Å². The van der Waals surface area contributed by atoms with Crippen LogP contribution in [-0.2, 0) is 0 Å². The van der Waals surface area contributed by atoms with E-state index in [2.05, 4.69) is 265 Å². The Balaban J connectivity index is 1.34. The van der Waals surface area contributed by atoms with Crippen LogP contribution in [0.2, 0.25) is 0 Å². The van der Waals surface area contributed by atoms with Crippen LogP contribution in [0.15, 0.2) is 249 Å². The van der Waals surface area contributed by atoms with E-state index in [1.54, 1.807) is 0 Å². The Labute approximate surface area is 354 Å². The Morgan fingerprint density at radius 1 is 0.300 bits per heavy atom. The molecule has 0 saturated heterocycles. The Kier molecular flexibility index (Phi) is 9.86. The van der Waals surface area contributed by atoms with Crippen molar-refractivity contribution in [3.05, 3.63) is 254 Å². The van der Waals surface area contributed by atoms with E-state index in [0.717, 1.165) is 28.2 Å². The fourth-order valence-electron chi connectivity index (χ4n) is 9.25. The van der Waals surface area contributed by atoms with Gasteiger partial charge < -0.3 is 9.13 Å². The summed E-state index contributed by atoms with van der Waals surface area (Å²) >= 11 is 0. The van der Waals surface area contributed by atoms with Crippen molar-refractivity contribution in [3.63, 3.8) is 0 Å². The molecule has 0 fully saturated rings. The molecule has 0 aliphatic heterocycles. The normalized spacial score (nSPS) is 11.4. The van der Waals surface area contributed by atoms with Crippen LogP contribution in [0, 0.1) is 6.92 Å². The minimum Gasteiger partial charge on any atom is -0.309 e. The van der Waals surface area contributed by atoms with E-state index in [1.807, 2.05) is 0 Å². The summed E-state index contributed by atoms with van der Waals surface area (Å²) in [5, 5.41) is 5.36. The number of rotatable bonds is 10. The summed E-state index contributed by atoms with van der Waals surface area (Å²) in [5.74, 6) is 0. The summed E-state index contributed by atoms with van der Waals surface area (Å²) in [4.78, 5) is 0. The Morgan fingerprint density at radius 3 is 1.07 bits per heavy atom. The number of aryl methyl sites for hydroxylation is 1. The lowest BCUT2D eigenvalue weighted by Gasteiger charge is -2.35. The highest BCUT2D eigenvalue weighted by Crippen LogP contribution is 2.39. The van der Waals surface area contributed by atoms with Crippen molar-refractivity contribution in [2.45, 2.75) is 6.92 Å². The standard InChI is InChI=1S/C57H44N2Si/c1-43-40-53(44-24-9-2-10-25-44)58(48-30-13-4-14-31-48)56(43)46-28-23-29-47(41-46)57-55(42-54(45-26-11-3-12-27-45)59(57)49-32-15-5-16-33-49)60(50-34-17-6-18-35-50,51-36-19-7-20-37-51)52-38-21-8-22-39-52/h2-42H,1H3. The summed E-state index contributed by atoms with van der Waals surface area (Å²) in [7, 11) is -3.04. The van der Waals surface area contributed by atoms with Crippen LogP contribution in [0.25, 0.3) is 56.4 Å². The van der Waals surface area contributed by atoms with Gasteiger partial charge in [0.05, 0.1) is 22.8 Å². The molecule has 2 aromatic heterocycles. The Morgan fingerprint density at radius 2 is 0.633 bits per heavy atom. The van der Waals surface area contributed by atoms with Crippen LogP contribution >= 0.6 is 0 Å². The molecule has 0 spiro atoms. The molecular weight excluding hydrogens is 741 g/mol. The third-order valence-corrected chi connectivity index (χ3v) is 16.6. The molecule has 10 aromatic rings. The predicted octanol–water partition coefficient (Wildman–Crippen LogP) is 11.6. The molecule has 0 radical (unpaired) electrons. The molecule has 0 amide bonds. The topological polar surface area (TPSA) is 9.86 Å². The molecule has 0 atom stereocenters. The first-order valence-corrected chi connectivity index (χ1v) is 22.7. The number of para-hydroxylation sites is 2. The summed E-state index contributed by atoms with van der Waals surface area (Å²) in [5.41, 5.74) is 12.9. The molecule has 60 heavy (non-hydrogen) atoms. The summed E-state index contributed by atoms with van der Waals surface area (Å²) < 4.78 is 4.96. The van der Waals surface area contributed by atoms with E-state index in [-0.39, 0.29) is 0 Å². The van der Waals surface area contributed by atoms with E-state index < -0.39 is 8.07 Å². The van der Waals surface area contributed by atoms with Crippen LogP contribution in [0.3, 0.4) is 0 Å². The number of hydrogen-bond donors (Lipinski definition) is 0. The second kappa shape index (κ2) is 16.1. The van der Waals surface area contributed by atoms with Crippen LogP contribution < -0.4 is 20.7 Å². The maximum Gasteiger partial charge on any atom is 0.181 e. The fourth-order valence-corrected chi connectivity index (χ4v) is 14.2. The molecule has 0 aliphatic rings. The number of aromatic nitrogens is 2. The Bertz CT molecular complexity index is 2900. The zero-order valence-corrected chi connectivity index (χ0v) is 34.6. The molecule has 2 nitrogen and oxygen atoms in total. The lowest BCUT2D eigenvalue weighted by Crippen LogP contribution is -2.75. The molecule has 0 aliphatic carbocycles. The molecular formula is C57H44N2Si. The first-order valence-electron chi connectivity index (χ1n) is 20.7. The average Bonchev–Trinajstić information content (AvgIpc) is 3.90. The quantitative estimate of drug-likeness (QED) is 0.0966. The van der Waals surface area contributed by atoms with E-state index in [4.69, 9.17) is 0 Å². The number of hydrogen-bond acceptors (Lipinski definition) is 0. The van der Waals surface area contributed by atoms with E-state index in [9.17, 15) is 0 Å². The monoisotopic (exact) mass is 784 g/mol. The van der Waals surface area contributed by atoms with Gasteiger partial charge in [0.1, 0.15) is 0 Å². The molecule has 8 aromatic carbocycles. The van der Waals surface area contributed by atoms with Crippen LogP contribution in [0.1, 0.15) is 5.56 Å². The van der Waals surface area contributed by atoms with Crippen LogP contribution in [0.5, 0.6) is 0 Å². The third-order valence-electron chi connectivity index (χ3n) is 11.8. The zero-order chi connectivity index (χ0) is 40.3. The van der Waals surface area contributed by atoms with Crippen molar-refractivity contribution in [3.8, 4) is 56.4 Å². The van der Waals surface area contributed by atoms with Gasteiger partial charge >= 0.3 is 0 Å². The molecule has 286 valence electrons. The number of nitrogens with zero attached hydrogens (tertiary/aromatic N) is 2. The highest BCUT2D eigenvalue weighted by Gasteiger charge is 2.45. The van der Waals surface area contributed by atoms with E-state index >= 15 is 0 Å². The van der Waals surface area contributed by atoms with Gasteiger partial charge in [-0.2, -0.15) is 0 Å². The SMILES string of the molecule is Cc1cc(-c2ccccc2)n(-c2ccccc2)c1-c1cccc(-c2c([Si](c3ccccc3)(c3ccccc3)c3ccccc3)cc(-c3ccccc3)n2-c2ccccc2)c1. The minimum absolute atomic E-state index is 1.12. The second-order valence-corrected chi connectivity index (χ2v) is 19.1. The molecule has 0 N–H and O–H groups in total. The molecule has 0 bridgehead atoms. The first-order chi connectivity index (χ1) is 29.7. The highest BCUT2D eigenvalue weighted by atomic mass is 28.3. The van der Waals surface area contributed by atoms with Gasteiger partial charge in [-0.05, 0) is 98.0 Å². The maximum atomic E-state index is 2.53. The van der Waals surface area contributed by atoms with Gasteiger partial charge in [0.15, 0.2) is 8.07 Å². The van der Waals surface area contributed by atoms with Gasteiger partial charge in [0.2, 0.25) is 0 Å². The summed E-state index contributed by atoms with van der Waals surface area (Å²) in [6, 6.07) is 91.3. The Hall–Kier alpha value is -7.46. The van der Waals surface area contributed by atoms with Crippen molar-refractivity contribution in [2.24, 2.45) is 0 Å². The minimum atomic E-state index is -3.04. The van der Waals surface area contributed by atoms with Crippen LogP contribution in [0.4, 0.5) is 0 Å².